The van der Waals surface area contributed by atoms with E-state index < -0.39 is 39.5 Å². The molecule has 3 N–H and O–H groups in total. The van der Waals surface area contributed by atoms with E-state index in [-0.39, 0.29) is 21.9 Å². The maximum absolute atomic E-state index is 12.3. The highest BCUT2D eigenvalue weighted by Gasteiger charge is 2.30. The molecule has 0 aromatic heterocycles. The fourth-order valence-corrected chi connectivity index (χ4v) is 3.41. The normalized spacial score (nSPS) is 11.6. The van der Waals surface area contributed by atoms with E-state index in [2.05, 4.69) is 10.9 Å². The third-order valence-electron chi connectivity index (χ3n) is 3.56. The van der Waals surface area contributed by atoms with Crippen LogP contribution >= 0.6 is 11.6 Å². The van der Waals surface area contributed by atoms with Gasteiger partial charge in [0.15, 0.2) is 0 Å². The van der Waals surface area contributed by atoms with Gasteiger partial charge in [0.05, 0.1) is 17.6 Å². The van der Waals surface area contributed by atoms with Crippen molar-refractivity contribution in [2.45, 2.75) is 11.1 Å². The summed E-state index contributed by atoms with van der Waals surface area (Å²) in [5.41, 5.74) is 3.99. The summed E-state index contributed by atoms with van der Waals surface area (Å²) in [7, 11) is -3.18. The summed E-state index contributed by atoms with van der Waals surface area (Å²) >= 11 is 5.83. The maximum atomic E-state index is 12.3. The van der Waals surface area contributed by atoms with Gasteiger partial charge >= 0.3 is 6.18 Å². The Hall–Kier alpha value is -2.83. The topological polar surface area (TPSA) is 114 Å². The number of hydrogen-bond acceptors (Lipinski definition) is 5. The number of hydrazine groups is 1. The lowest BCUT2D eigenvalue weighted by Gasteiger charge is -2.12. The highest BCUT2D eigenvalue weighted by atomic mass is 35.5. The second-order valence-corrected chi connectivity index (χ2v) is 7.92. The fraction of sp³-hybridized carbons (Fsp3) is 0.176. The molecule has 0 aliphatic carbocycles. The standard InChI is InChI=1S/C17H15ClF3N3O5S/c1-29-14-6-5-11(18)8-13(14)16(26)24-23-15(25)10-3-2-4-12(7-10)30(27,28)22-9-17(19,20)21/h2-8,22H,9H2,1H3,(H,23,25)(H,24,26). The molecule has 0 fully saturated rings. The smallest absolute Gasteiger partial charge is 0.402 e. The predicted octanol–water partition coefficient (Wildman–Crippen LogP) is 2.26. The van der Waals surface area contributed by atoms with Crippen LogP contribution in [0.2, 0.25) is 5.02 Å². The van der Waals surface area contributed by atoms with Gasteiger partial charge in [-0.15, -0.1) is 0 Å². The first kappa shape index (κ1) is 23.4. The summed E-state index contributed by atoms with van der Waals surface area (Å²) in [6.45, 7) is -1.76. The zero-order valence-electron chi connectivity index (χ0n) is 15.2. The SMILES string of the molecule is COc1ccc(Cl)cc1C(=O)NNC(=O)c1cccc(S(=O)(=O)NCC(F)(F)F)c1. The summed E-state index contributed by atoms with van der Waals surface area (Å²) in [5, 5.41) is 0.247. The number of sulfonamides is 1. The third-order valence-corrected chi connectivity index (χ3v) is 5.20. The molecule has 2 aromatic rings. The Morgan fingerprint density at radius 3 is 2.37 bits per heavy atom. The van der Waals surface area contributed by atoms with E-state index in [1.165, 1.54) is 42.2 Å². The molecule has 0 aliphatic heterocycles. The molecule has 0 radical (unpaired) electrons. The third kappa shape index (κ3) is 6.34. The first-order chi connectivity index (χ1) is 13.9. The average Bonchev–Trinajstić information content (AvgIpc) is 2.70. The van der Waals surface area contributed by atoms with Crippen LogP contribution in [0.5, 0.6) is 5.75 Å². The molecule has 30 heavy (non-hydrogen) atoms. The molecular weight excluding hydrogens is 451 g/mol. The van der Waals surface area contributed by atoms with Gasteiger partial charge in [0.2, 0.25) is 10.0 Å². The number of nitrogens with one attached hydrogen (secondary N) is 3. The largest absolute Gasteiger partial charge is 0.496 e. The Morgan fingerprint density at radius 2 is 1.73 bits per heavy atom. The molecule has 0 aliphatic rings. The Balaban J connectivity index is 2.11. The summed E-state index contributed by atoms with van der Waals surface area (Å²) in [4.78, 5) is 23.9. The van der Waals surface area contributed by atoms with Crippen molar-refractivity contribution in [2.75, 3.05) is 13.7 Å². The second kappa shape index (κ2) is 9.32. The summed E-state index contributed by atoms with van der Waals surface area (Å²) < 4.78 is 67.1. The Kier molecular flexibility index (Phi) is 7.29. The number of hydrogen-bond donors (Lipinski definition) is 3. The van der Waals surface area contributed by atoms with E-state index in [0.717, 1.165) is 12.1 Å². The molecule has 2 amide bonds. The van der Waals surface area contributed by atoms with E-state index in [1.54, 1.807) is 0 Å². The first-order valence-electron chi connectivity index (χ1n) is 8.03. The van der Waals surface area contributed by atoms with Gasteiger partial charge in [0.25, 0.3) is 11.8 Å². The molecule has 0 heterocycles. The molecule has 0 bridgehead atoms. The number of amides is 2. The zero-order chi connectivity index (χ0) is 22.5. The lowest BCUT2D eigenvalue weighted by Crippen LogP contribution is -2.41. The van der Waals surface area contributed by atoms with Crippen molar-refractivity contribution in [3.63, 3.8) is 0 Å². The minimum Gasteiger partial charge on any atom is -0.496 e. The van der Waals surface area contributed by atoms with Gasteiger partial charge in [0, 0.05) is 10.6 Å². The van der Waals surface area contributed by atoms with Crippen LogP contribution in [0.25, 0.3) is 0 Å². The molecule has 8 nitrogen and oxygen atoms in total. The number of alkyl halides is 3. The van der Waals surface area contributed by atoms with E-state index in [4.69, 9.17) is 16.3 Å². The molecule has 0 saturated heterocycles. The van der Waals surface area contributed by atoms with Gasteiger partial charge in [-0.05, 0) is 36.4 Å². The number of carbonyl (C=O) groups is 2. The summed E-state index contributed by atoms with van der Waals surface area (Å²) in [6, 6.07) is 8.51. The molecule has 0 saturated carbocycles. The lowest BCUT2D eigenvalue weighted by atomic mass is 10.2. The predicted molar refractivity (Wildman–Crippen MR) is 101 cm³/mol. The van der Waals surface area contributed by atoms with Gasteiger partial charge in [-0.3, -0.25) is 20.4 Å². The number of ether oxygens (including phenoxy) is 1. The Morgan fingerprint density at radius 1 is 1.07 bits per heavy atom. The van der Waals surface area contributed by atoms with Crippen molar-refractivity contribution in [2.24, 2.45) is 0 Å². The second-order valence-electron chi connectivity index (χ2n) is 5.72. The molecule has 13 heteroatoms. The number of halogens is 4. The van der Waals surface area contributed by atoms with E-state index >= 15 is 0 Å². The van der Waals surface area contributed by atoms with E-state index in [1.807, 2.05) is 0 Å². The fourth-order valence-electron chi connectivity index (χ4n) is 2.18. The monoisotopic (exact) mass is 465 g/mol. The molecule has 2 aromatic carbocycles. The van der Waals surface area contributed by atoms with Gasteiger partial charge in [-0.25, -0.2) is 13.1 Å². The van der Waals surface area contributed by atoms with Crippen molar-refractivity contribution < 1.29 is 35.9 Å². The highest BCUT2D eigenvalue weighted by Crippen LogP contribution is 2.22. The van der Waals surface area contributed by atoms with Crippen LogP contribution in [0.4, 0.5) is 13.2 Å². The van der Waals surface area contributed by atoms with E-state index in [9.17, 15) is 31.2 Å². The highest BCUT2D eigenvalue weighted by molar-refractivity contribution is 7.89. The van der Waals surface area contributed by atoms with Crippen molar-refractivity contribution in [1.29, 1.82) is 0 Å². The van der Waals surface area contributed by atoms with Gasteiger partial charge in [-0.1, -0.05) is 17.7 Å². The van der Waals surface area contributed by atoms with Crippen molar-refractivity contribution >= 4 is 33.4 Å². The first-order valence-corrected chi connectivity index (χ1v) is 9.90. The zero-order valence-corrected chi connectivity index (χ0v) is 16.8. The van der Waals surface area contributed by atoms with Crippen molar-refractivity contribution in [1.82, 2.24) is 15.6 Å². The van der Waals surface area contributed by atoms with Gasteiger partial charge in [0.1, 0.15) is 12.3 Å². The van der Waals surface area contributed by atoms with Crippen molar-refractivity contribution in [3.05, 3.63) is 58.6 Å². The maximum Gasteiger partial charge on any atom is 0.402 e. The molecule has 0 spiro atoms. The molecule has 2 rings (SSSR count). The lowest BCUT2D eigenvalue weighted by molar-refractivity contribution is -0.121. The summed E-state index contributed by atoms with van der Waals surface area (Å²) in [6.07, 6.45) is -4.74. The molecule has 162 valence electrons. The minimum atomic E-state index is -4.74. The van der Waals surface area contributed by atoms with Gasteiger partial charge in [-0.2, -0.15) is 13.2 Å². The minimum absolute atomic E-state index is 0.0259. The number of carbonyl (C=O) groups excluding carboxylic acids is 2. The quantitative estimate of drug-likeness (QED) is 0.566. The number of rotatable bonds is 6. The van der Waals surface area contributed by atoms with Crippen LogP contribution < -0.4 is 20.3 Å². The Labute approximate surface area is 174 Å². The summed E-state index contributed by atoms with van der Waals surface area (Å²) in [5.74, 6) is -1.48. The van der Waals surface area contributed by atoms with Crippen LogP contribution in [0.1, 0.15) is 20.7 Å². The van der Waals surface area contributed by atoms with Crippen LogP contribution in [-0.4, -0.2) is 40.1 Å². The van der Waals surface area contributed by atoms with Crippen LogP contribution in [0, 0.1) is 0 Å². The van der Waals surface area contributed by atoms with E-state index in [0.29, 0.717) is 0 Å². The average molecular weight is 466 g/mol. The van der Waals surface area contributed by atoms with Crippen LogP contribution in [0.15, 0.2) is 47.4 Å². The molecule has 0 atom stereocenters. The Bertz CT molecular complexity index is 1060. The van der Waals surface area contributed by atoms with Crippen LogP contribution in [-0.2, 0) is 10.0 Å². The van der Waals surface area contributed by atoms with Gasteiger partial charge < -0.3 is 4.74 Å². The van der Waals surface area contributed by atoms with Crippen LogP contribution in [0.3, 0.4) is 0 Å². The molecular formula is C17H15ClF3N3O5S. The van der Waals surface area contributed by atoms with Crippen molar-refractivity contribution in [3.8, 4) is 5.75 Å². The molecule has 0 unspecified atom stereocenters. The number of benzene rings is 2. The number of methoxy groups -OCH3 is 1.